The lowest BCUT2D eigenvalue weighted by atomic mass is 10.1. The van der Waals surface area contributed by atoms with Gasteiger partial charge in [-0.2, -0.15) is 0 Å². The third kappa shape index (κ3) is 5.62. The Morgan fingerprint density at radius 1 is 1.47 bits per heavy atom. The number of carbonyl (C=O) groups is 1. The summed E-state index contributed by atoms with van der Waals surface area (Å²) < 4.78 is 5.46. The molecule has 15 heavy (non-hydrogen) atoms. The van der Waals surface area contributed by atoms with Crippen LogP contribution < -0.4 is 10.6 Å². The SMILES string of the molecule is CC(C)(C)NC(=O)NCCC1CCCO1. The zero-order valence-electron chi connectivity index (χ0n) is 9.93. The van der Waals surface area contributed by atoms with Crippen LogP contribution in [0.3, 0.4) is 0 Å². The smallest absolute Gasteiger partial charge is 0.315 e. The van der Waals surface area contributed by atoms with Crippen molar-refractivity contribution in [1.29, 1.82) is 0 Å². The van der Waals surface area contributed by atoms with Gasteiger partial charge in [0.25, 0.3) is 0 Å². The molecule has 2 N–H and O–H groups in total. The molecule has 0 aromatic heterocycles. The first-order valence-corrected chi connectivity index (χ1v) is 5.65. The fraction of sp³-hybridized carbons (Fsp3) is 0.909. The maximum atomic E-state index is 11.4. The van der Waals surface area contributed by atoms with Gasteiger partial charge in [0.1, 0.15) is 0 Å². The summed E-state index contributed by atoms with van der Waals surface area (Å²) in [5, 5.41) is 5.69. The second-order valence-electron chi connectivity index (χ2n) is 5.05. The number of amides is 2. The van der Waals surface area contributed by atoms with Crippen LogP contribution in [0.5, 0.6) is 0 Å². The van der Waals surface area contributed by atoms with E-state index in [9.17, 15) is 4.79 Å². The highest BCUT2D eigenvalue weighted by molar-refractivity contribution is 5.74. The Balaban J connectivity index is 2.06. The van der Waals surface area contributed by atoms with E-state index < -0.39 is 0 Å². The molecule has 1 aliphatic rings. The standard InChI is InChI=1S/C11H22N2O2/c1-11(2,3)13-10(14)12-7-6-9-5-4-8-15-9/h9H,4-8H2,1-3H3,(H2,12,13,14). The van der Waals surface area contributed by atoms with Crippen LogP contribution in [-0.2, 0) is 4.74 Å². The predicted molar refractivity (Wildman–Crippen MR) is 59.9 cm³/mol. The van der Waals surface area contributed by atoms with Gasteiger partial charge in [-0.05, 0) is 40.0 Å². The summed E-state index contributed by atoms with van der Waals surface area (Å²) in [7, 11) is 0. The van der Waals surface area contributed by atoms with Crippen molar-refractivity contribution in [2.75, 3.05) is 13.2 Å². The molecule has 2 amide bonds. The zero-order valence-corrected chi connectivity index (χ0v) is 9.93. The molecular formula is C11H22N2O2. The Labute approximate surface area is 91.8 Å². The normalized spacial score (nSPS) is 21.4. The number of ether oxygens (including phenoxy) is 1. The lowest BCUT2D eigenvalue weighted by Crippen LogP contribution is -2.46. The van der Waals surface area contributed by atoms with Gasteiger partial charge < -0.3 is 15.4 Å². The Kier molecular flexibility index (Phi) is 4.39. The van der Waals surface area contributed by atoms with Gasteiger partial charge in [0, 0.05) is 18.7 Å². The molecule has 1 saturated heterocycles. The minimum absolute atomic E-state index is 0.0968. The number of rotatable bonds is 3. The highest BCUT2D eigenvalue weighted by atomic mass is 16.5. The number of hydrogen-bond donors (Lipinski definition) is 2. The predicted octanol–water partition coefficient (Wildman–Crippen LogP) is 1.65. The van der Waals surface area contributed by atoms with Gasteiger partial charge in [-0.1, -0.05) is 0 Å². The molecule has 1 heterocycles. The number of nitrogens with one attached hydrogen (secondary N) is 2. The molecule has 1 unspecified atom stereocenters. The first-order valence-electron chi connectivity index (χ1n) is 5.65. The number of hydrogen-bond acceptors (Lipinski definition) is 2. The molecule has 4 heteroatoms. The lowest BCUT2D eigenvalue weighted by Gasteiger charge is -2.21. The molecule has 4 nitrogen and oxygen atoms in total. The Morgan fingerprint density at radius 2 is 2.20 bits per heavy atom. The van der Waals surface area contributed by atoms with Crippen LogP contribution in [0.2, 0.25) is 0 Å². The van der Waals surface area contributed by atoms with Gasteiger partial charge in [-0.3, -0.25) is 0 Å². The Hall–Kier alpha value is -0.770. The van der Waals surface area contributed by atoms with Crippen LogP contribution in [0.1, 0.15) is 40.0 Å². The zero-order chi connectivity index (χ0) is 11.3. The fourth-order valence-corrected chi connectivity index (χ4v) is 1.60. The second-order valence-corrected chi connectivity index (χ2v) is 5.05. The Bertz CT molecular complexity index is 205. The first-order chi connectivity index (χ1) is 6.97. The minimum atomic E-state index is -0.173. The first kappa shape index (κ1) is 12.3. The van der Waals surface area contributed by atoms with Gasteiger partial charge in [0.2, 0.25) is 0 Å². The maximum absolute atomic E-state index is 11.4. The van der Waals surface area contributed by atoms with E-state index in [4.69, 9.17) is 4.74 Å². The van der Waals surface area contributed by atoms with Gasteiger partial charge in [-0.15, -0.1) is 0 Å². The third-order valence-corrected chi connectivity index (χ3v) is 2.26. The summed E-state index contributed by atoms with van der Waals surface area (Å²) >= 11 is 0. The fourth-order valence-electron chi connectivity index (χ4n) is 1.60. The van der Waals surface area contributed by atoms with Gasteiger partial charge in [-0.25, -0.2) is 4.79 Å². The van der Waals surface area contributed by atoms with Crippen molar-refractivity contribution in [1.82, 2.24) is 10.6 Å². The molecule has 0 bridgehead atoms. The van der Waals surface area contributed by atoms with E-state index in [-0.39, 0.29) is 11.6 Å². The average Bonchev–Trinajstić information content (AvgIpc) is 2.53. The van der Waals surface area contributed by atoms with Crippen molar-refractivity contribution in [3.8, 4) is 0 Å². The van der Waals surface area contributed by atoms with Crippen LogP contribution in [0.4, 0.5) is 4.79 Å². The highest BCUT2D eigenvalue weighted by Gasteiger charge is 2.16. The molecular weight excluding hydrogens is 192 g/mol. The van der Waals surface area contributed by atoms with Crippen LogP contribution in [0.25, 0.3) is 0 Å². The number of urea groups is 1. The average molecular weight is 214 g/mol. The summed E-state index contributed by atoms with van der Waals surface area (Å²) in [6, 6.07) is -0.0968. The van der Waals surface area contributed by atoms with E-state index in [2.05, 4.69) is 10.6 Å². The lowest BCUT2D eigenvalue weighted by molar-refractivity contribution is 0.104. The molecule has 0 radical (unpaired) electrons. The molecule has 1 rings (SSSR count). The van der Waals surface area contributed by atoms with Gasteiger partial charge in [0.05, 0.1) is 6.10 Å². The van der Waals surface area contributed by atoms with E-state index in [1.807, 2.05) is 20.8 Å². The molecule has 0 aromatic carbocycles. The van der Waals surface area contributed by atoms with Crippen molar-refractivity contribution >= 4 is 6.03 Å². The Morgan fingerprint density at radius 3 is 2.73 bits per heavy atom. The molecule has 1 fully saturated rings. The van der Waals surface area contributed by atoms with Crippen LogP contribution in [0, 0.1) is 0 Å². The summed E-state index contributed by atoms with van der Waals surface area (Å²) in [6.45, 7) is 7.46. The van der Waals surface area contributed by atoms with Gasteiger partial charge >= 0.3 is 6.03 Å². The molecule has 0 aromatic rings. The summed E-state index contributed by atoms with van der Waals surface area (Å²) in [5.41, 5.74) is -0.173. The summed E-state index contributed by atoms with van der Waals surface area (Å²) in [6.07, 6.45) is 3.54. The third-order valence-electron chi connectivity index (χ3n) is 2.26. The van der Waals surface area contributed by atoms with Crippen molar-refractivity contribution in [2.24, 2.45) is 0 Å². The monoisotopic (exact) mass is 214 g/mol. The van der Waals surface area contributed by atoms with Crippen molar-refractivity contribution in [3.05, 3.63) is 0 Å². The van der Waals surface area contributed by atoms with Crippen LogP contribution >= 0.6 is 0 Å². The van der Waals surface area contributed by atoms with E-state index in [1.54, 1.807) is 0 Å². The molecule has 0 spiro atoms. The largest absolute Gasteiger partial charge is 0.378 e. The maximum Gasteiger partial charge on any atom is 0.315 e. The molecule has 1 atom stereocenters. The topological polar surface area (TPSA) is 50.4 Å². The summed E-state index contributed by atoms with van der Waals surface area (Å²) in [5.74, 6) is 0. The molecule has 0 aliphatic carbocycles. The minimum Gasteiger partial charge on any atom is -0.378 e. The van der Waals surface area contributed by atoms with Gasteiger partial charge in [0.15, 0.2) is 0 Å². The quantitative estimate of drug-likeness (QED) is 0.750. The van der Waals surface area contributed by atoms with E-state index in [1.165, 1.54) is 0 Å². The molecule has 0 saturated carbocycles. The summed E-state index contributed by atoms with van der Waals surface area (Å²) in [4.78, 5) is 11.4. The van der Waals surface area contributed by atoms with Crippen LogP contribution in [-0.4, -0.2) is 30.8 Å². The van der Waals surface area contributed by atoms with Crippen LogP contribution in [0.15, 0.2) is 0 Å². The van der Waals surface area contributed by atoms with Crippen molar-refractivity contribution < 1.29 is 9.53 Å². The molecule has 1 aliphatic heterocycles. The number of carbonyl (C=O) groups excluding carboxylic acids is 1. The van der Waals surface area contributed by atoms with E-state index in [0.29, 0.717) is 12.6 Å². The van der Waals surface area contributed by atoms with E-state index >= 15 is 0 Å². The highest BCUT2D eigenvalue weighted by Crippen LogP contribution is 2.14. The second kappa shape index (κ2) is 5.35. The van der Waals surface area contributed by atoms with E-state index in [0.717, 1.165) is 25.9 Å². The molecule has 88 valence electrons. The van der Waals surface area contributed by atoms with Crippen molar-refractivity contribution in [3.63, 3.8) is 0 Å². The van der Waals surface area contributed by atoms with Crippen molar-refractivity contribution in [2.45, 2.75) is 51.7 Å².